The van der Waals surface area contributed by atoms with Gasteiger partial charge in [0.2, 0.25) is 5.91 Å². The Bertz CT molecular complexity index is 993. The zero-order valence-corrected chi connectivity index (χ0v) is 15.2. The molecule has 3 aromatic rings. The van der Waals surface area contributed by atoms with Crippen LogP contribution in [0, 0.1) is 6.92 Å². The number of benzene rings is 2. The summed E-state index contributed by atoms with van der Waals surface area (Å²) in [6.07, 6.45) is 0. The lowest BCUT2D eigenvalue weighted by atomic mass is 10.1. The lowest BCUT2D eigenvalue weighted by Gasteiger charge is -2.22. The fourth-order valence-electron chi connectivity index (χ4n) is 3.22. The van der Waals surface area contributed by atoms with Crippen molar-refractivity contribution in [3.05, 3.63) is 70.5 Å². The van der Waals surface area contributed by atoms with Crippen LogP contribution in [0.15, 0.2) is 59.4 Å². The van der Waals surface area contributed by atoms with E-state index < -0.39 is 0 Å². The maximum atomic E-state index is 12.9. The molecule has 26 heavy (non-hydrogen) atoms. The number of ether oxygens (including phenoxy) is 1. The Morgan fingerprint density at radius 3 is 2.50 bits per heavy atom. The Morgan fingerprint density at radius 2 is 1.85 bits per heavy atom. The molecule has 1 amide bonds. The van der Waals surface area contributed by atoms with Crippen LogP contribution in [0.25, 0.3) is 10.9 Å². The number of methoxy groups -OCH3 is 1. The fraction of sp³-hybridized carbons (Fsp3) is 0.238. The van der Waals surface area contributed by atoms with E-state index in [0.717, 1.165) is 16.6 Å². The van der Waals surface area contributed by atoms with Gasteiger partial charge >= 0.3 is 0 Å². The molecule has 0 saturated carbocycles. The van der Waals surface area contributed by atoms with E-state index in [1.807, 2.05) is 56.3 Å². The smallest absolute Gasteiger partial charge is 0.251 e. The van der Waals surface area contributed by atoms with Gasteiger partial charge in [0.1, 0.15) is 12.3 Å². The third-order valence-electron chi connectivity index (χ3n) is 4.50. The number of aryl methyl sites for hydroxylation is 1. The van der Waals surface area contributed by atoms with E-state index in [2.05, 4.69) is 0 Å². The molecular weight excluding hydrogens is 328 g/mol. The third kappa shape index (κ3) is 3.20. The number of anilines is 1. The van der Waals surface area contributed by atoms with Crippen LogP contribution in [-0.2, 0) is 11.3 Å². The van der Waals surface area contributed by atoms with Crippen LogP contribution in [0.5, 0.6) is 5.75 Å². The Morgan fingerprint density at radius 1 is 1.12 bits per heavy atom. The second-order valence-electron chi connectivity index (χ2n) is 6.08. The van der Waals surface area contributed by atoms with Gasteiger partial charge in [-0.3, -0.25) is 14.2 Å². The average Bonchev–Trinajstić information content (AvgIpc) is 2.66. The number of fused-ring (bicyclic) bond motifs is 1. The van der Waals surface area contributed by atoms with Gasteiger partial charge in [-0.15, -0.1) is 0 Å². The SMILES string of the molecule is CCN(C(=O)Cn1c(=O)cc(C)c2cccc(OC)c21)c1ccccc1. The first-order chi connectivity index (χ1) is 12.6. The van der Waals surface area contributed by atoms with Crippen LogP contribution in [0.1, 0.15) is 12.5 Å². The minimum absolute atomic E-state index is 0.0429. The molecule has 2 aromatic carbocycles. The van der Waals surface area contributed by atoms with Crippen molar-refractivity contribution in [2.75, 3.05) is 18.6 Å². The van der Waals surface area contributed by atoms with Crippen molar-refractivity contribution in [3.8, 4) is 5.75 Å². The Kier molecular flexibility index (Phi) is 5.07. The number of likely N-dealkylation sites (N-methyl/N-ethyl adjacent to an activating group) is 1. The number of hydrogen-bond donors (Lipinski definition) is 0. The third-order valence-corrected chi connectivity index (χ3v) is 4.50. The van der Waals surface area contributed by atoms with Crippen molar-refractivity contribution < 1.29 is 9.53 Å². The van der Waals surface area contributed by atoms with Gasteiger partial charge in [0.15, 0.2) is 0 Å². The van der Waals surface area contributed by atoms with Gasteiger partial charge in [0.05, 0.1) is 12.6 Å². The van der Waals surface area contributed by atoms with E-state index in [9.17, 15) is 9.59 Å². The molecule has 0 bridgehead atoms. The number of carbonyl (C=O) groups is 1. The molecule has 0 radical (unpaired) electrons. The molecule has 0 aliphatic heterocycles. The first kappa shape index (κ1) is 17.7. The summed E-state index contributed by atoms with van der Waals surface area (Å²) in [7, 11) is 1.57. The largest absolute Gasteiger partial charge is 0.495 e. The molecule has 0 aliphatic carbocycles. The summed E-state index contributed by atoms with van der Waals surface area (Å²) >= 11 is 0. The molecular formula is C21H22N2O3. The maximum absolute atomic E-state index is 12.9. The predicted molar refractivity (Wildman–Crippen MR) is 104 cm³/mol. The van der Waals surface area contributed by atoms with E-state index in [1.54, 1.807) is 24.1 Å². The van der Waals surface area contributed by atoms with Crippen LogP contribution >= 0.6 is 0 Å². The van der Waals surface area contributed by atoms with Gasteiger partial charge in [-0.1, -0.05) is 30.3 Å². The van der Waals surface area contributed by atoms with Crippen LogP contribution in [-0.4, -0.2) is 24.1 Å². The zero-order chi connectivity index (χ0) is 18.7. The number of pyridine rings is 1. The Hall–Kier alpha value is -3.08. The molecule has 5 nitrogen and oxygen atoms in total. The van der Waals surface area contributed by atoms with E-state index in [4.69, 9.17) is 4.74 Å². The monoisotopic (exact) mass is 350 g/mol. The van der Waals surface area contributed by atoms with E-state index in [0.29, 0.717) is 17.8 Å². The molecule has 0 spiro atoms. The summed E-state index contributed by atoms with van der Waals surface area (Å²) in [4.78, 5) is 27.3. The number of aromatic nitrogens is 1. The minimum Gasteiger partial charge on any atom is -0.495 e. The van der Waals surface area contributed by atoms with Crippen LogP contribution in [0.2, 0.25) is 0 Å². The molecule has 0 unspecified atom stereocenters. The highest BCUT2D eigenvalue weighted by molar-refractivity contribution is 5.95. The lowest BCUT2D eigenvalue weighted by molar-refractivity contribution is -0.119. The lowest BCUT2D eigenvalue weighted by Crippen LogP contribution is -2.36. The summed E-state index contributed by atoms with van der Waals surface area (Å²) in [5, 5.41) is 0.902. The van der Waals surface area contributed by atoms with Crippen LogP contribution < -0.4 is 15.2 Å². The molecule has 134 valence electrons. The molecule has 3 rings (SSSR count). The van der Waals surface area contributed by atoms with Crippen molar-refractivity contribution in [3.63, 3.8) is 0 Å². The number of rotatable bonds is 5. The van der Waals surface area contributed by atoms with Crippen molar-refractivity contribution in [1.29, 1.82) is 0 Å². The molecule has 0 N–H and O–H groups in total. The number of para-hydroxylation sites is 2. The van der Waals surface area contributed by atoms with E-state index in [1.165, 1.54) is 4.57 Å². The summed E-state index contributed by atoms with van der Waals surface area (Å²) in [5.41, 5.74) is 2.12. The number of carbonyl (C=O) groups excluding carboxylic acids is 1. The average molecular weight is 350 g/mol. The van der Waals surface area contributed by atoms with Crippen molar-refractivity contribution in [1.82, 2.24) is 4.57 Å². The van der Waals surface area contributed by atoms with Crippen molar-refractivity contribution in [2.24, 2.45) is 0 Å². The summed E-state index contributed by atoms with van der Waals surface area (Å²) in [6, 6.07) is 16.6. The second kappa shape index (κ2) is 7.44. The minimum atomic E-state index is -0.211. The molecule has 1 heterocycles. The van der Waals surface area contributed by atoms with Gasteiger partial charge in [0.25, 0.3) is 5.56 Å². The maximum Gasteiger partial charge on any atom is 0.251 e. The van der Waals surface area contributed by atoms with Gasteiger partial charge in [-0.25, -0.2) is 0 Å². The summed E-state index contributed by atoms with van der Waals surface area (Å²) < 4.78 is 6.94. The normalized spacial score (nSPS) is 10.7. The summed E-state index contributed by atoms with van der Waals surface area (Å²) in [6.45, 7) is 4.29. The van der Waals surface area contributed by atoms with E-state index in [-0.39, 0.29) is 18.0 Å². The molecule has 5 heteroatoms. The molecule has 0 atom stereocenters. The van der Waals surface area contributed by atoms with Crippen molar-refractivity contribution >= 4 is 22.5 Å². The number of hydrogen-bond acceptors (Lipinski definition) is 3. The highest BCUT2D eigenvalue weighted by Gasteiger charge is 2.18. The molecule has 0 fully saturated rings. The van der Waals surface area contributed by atoms with Gasteiger partial charge in [-0.05, 0) is 37.6 Å². The summed E-state index contributed by atoms with van der Waals surface area (Å²) in [5.74, 6) is 0.440. The van der Waals surface area contributed by atoms with Crippen molar-refractivity contribution in [2.45, 2.75) is 20.4 Å². The molecule has 0 aliphatic rings. The molecule has 1 aromatic heterocycles. The van der Waals surface area contributed by atoms with Crippen LogP contribution in [0.4, 0.5) is 5.69 Å². The fourth-order valence-corrected chi connectivity index (χ4v) is 3.22. The molecule has 0 saturated heterocycles. The first-order valence-electron chi connectivity index (χ1n) is 8.59. The standard InChI is InChI=1S/C21H22N2O3/c1-4-22(16-9-6-5-7-10-16)20(25)14-23-19(24)13-15(2)17-11-8-12-18(26-3)21(17)23/h5-13H,4,14H2,1-3H3. The van der Waals surface area contributed by atoms with Gasteiger partial charge < -0.3 is 9.64 Å². The Balaban J connectivity index is 2.08. The quantitative estimate of drug-likeness (QED) is 0.709. The first-order valence-corrected chi connectivity index (χ1v) is 8.59. The number of nitrogens with zero attached hydrogens (tertiary/aromatic N) is 2. The predicted octanol–water partition coefficient (Wildman–Crippen LogP) is 3.37. The second-order valence-corrected chi connectivity index (χ2v) is 6.08. The highest BCUT2D eigenvalue weighted by atomic mass is 16.5. The van der Waals surface area contributed by atoms with Gasteiger partial charge in [-0.2, -0.15) is 0 Å². The number of amides is 1. The van der Waals surface area contributed by atoms with E-state index >= 15 is 0 Å². The highest BCUT2D eigenvalue weighted by Crippen LogP contribution is 2.26. The zero-order valence-electron chi connectivity index (χ0n) is 15.2. The van der Waals surface area contributed by atoms with Crippen LogP contribution in [0.3, 0.4) is 0 Å². The topological polar surface area (TPSA) is 51.5 Å². The van der Waals surface area contributed by atoms with Gasteiger partial charge in [0, 0.05) is 23.7 Å². The Labute approximate surface area is 152 Å².